The molecule has 2 heterocycles. The van der Waals surface area contributed by atoms with E-state index in [1.807, 2.05) is 11.4 Å². The molecule has 1 fully saturated rings. The van der Waals surface area contributed by atoms with Gasteiger partial charge in [0.15, 0.2) is 0 Å². The summed E-state index contributed by atoms with van der Waals surface area (Å²) < 4.78 is 1.77. The highest BCUT2D eigenvalue weighted by Crippen LogP contribution is 2.28. The van der Waals surface area contributed by atoms with Crippen LogP contribution < -0.4 is 10.6 Å². The first-order valence-electron chi connectivity index (χ1n) is 7.83. The molecule has 7 heteroatoms. The molecule has 1 saturated carbocycles. The van der Waals surface area contributed by atoms with E-state index in [0.717, 1.165) is 18.4 Å². The maximum absolute atomic E-state index is 12.0. The average Bonchev–Trinajstić information content (AvgIpc) is 3.11. The monoisotopic (exact) mass is 332 g/mol. The summed E-state index contributed by atoms with van der Waals surface area (Å²) in [6.07, 6.45) is 4.70. The van der Waals surface area contributed by atoms with Gasteiger partial charge in [-0.05, 0) is 41.7 Å². The van der Waals surface area contributed by atoms with Gasteiger partial charge >= 0.3 is 0 Å². The summed E-state index contributed by atoms with van der Waals surface area (Å²) >= 11 is 1.64. The normalized spacial score (nSPS) is 13.7. The Kier molecular flexibility index (Phi) is 5.07. The molecule has 0 bridgehead atoms. The zero-order chi connectivity index (χ0) is 16.1. The lowest BCUT2D eigenvalue weighted by atomic mass is 10.3. The van der Waals surface area contributed by atoms with Crippen LogP contribution in [0.4, 0.5) is 5.82 Å². The van der Waals surface area contributed by atoms with E-state index in [4.69, 9.17) is 0 Å². The van der Waals surface area contributed by atoms with E-state index < -0.39 is 0 Å². The number of aromatic nitrogens is 2. The maximum atomic E-state index is 12.0. The minimum absolute atomic E-state index is 0.0576. The third-order valence-electron chi connectivity index (χ3n) is 3.72. The molecular formula is C16H20N4O2S. The fourth-order valence-electron chi connectivity index (χ4n) is 2.28. The highest BCUT2D eigenvalue weighted by molar-refractivity contribution is 7.07. The van der Waals surface area contributed by atoms with Crippen LogP contribution in [0.3, 0.4) is 0 Å². The van der Waals surface area contributed by atoms with E-state index in [2.05, 4.69) is 21.1 Å². The minimum atomic E-state index is -0.0576. The SMILES string of the molecule is O=C(CCCNC(=O)C1CC1)Nc1ccnn1Cc1ccsc1. The van der Waals surface area contributed by atoms with Gasteiger partial charge in [0.1, 0.15) is 5.82 Å². The van der Waals surface area contributed by atoms with Gasteiger partial charge in [-0.25, -0.2) is 4.68 Å². The van der Waals surface area contributed by atoms with Gasteiger partial charge in [0.25, 0.3) is 0 Å². The summed E-state index contributed by atoms with van der Waals surface area (Å²) in [5.74, 6) is 0.982. The molecule has 3 rings (SSSR count). The minimum Gasteiger partial charge on any atom is -0.356 e. The Morgan fingerprint density at radius 1 is 1.35 bits per heavy atom. The van der Waals surface area contributed by atoms with Gasteiger partial charge < -0.3 is 10.6 Å². The van der Waals surface area contributed by atoms with E-state index >= 15 is 0 Å². The zero-order valence-electron chi connectivity index (χ0n) is 12.8. The summed E-state index contributed by atoms with van der Waals surface area (Å²) in [6, 6.07) is 3.83. The number of nitrogens with zero attached hydrogens (tertiary/aromatic N) is 2. The summed E-state index contributed by atoms with van der Waals surface area (Å²) in [5, 5.41) is 14.1. The van der Waals surface area contributed by atoms with Crippen molar-refractivity contribution in [2.24, 2.45) is 5.92 Å². The van der Waals surface area contributed by atoms with Crippen molar-refractivity contribution >= 4 is 29.0 Å². The Balaban J connectivity index is 1.41. The van der Waals surface area contributed by atoms with E-state index in [9.17, 15) is 9.59 Å². The van der Waals surface area contributed by atoms with E-state index in [1.165, 1.54) is 0 Å². The molecular weight excluding hydrogens is 312 g/mol. The second-order valence-corrected chi connectivity index (χ2v) is 6.50. The lowest BCUT2D eigenvalue weighted by Crippen LogP contribution is -2.26. The van der Waals surface area contributed by atoms with Crippen LogP contribution in [0.2, 0.25) is 0 Å². The maximum Gasteiger partial charge on any atom is 0.225 e. The molecule has 1 aliphatic carbocycles. The van der Waals surface area contributed by atoms with Crippen molar-refractivity contribution in [2.45, 2.75) is 32.2 Å². The molecule has 1 aliphatic rings. The highest BCUT2D eigenvalue weighted by atomic mass is 32.1. The second-order valence-electron chi connectivity index (χ2n) is 5.72. The summed E-state index contributed by atoms with van der Waals surface area (Å²) in [4.78, 5) is 23.5. The van der Waals surface area contributed by atoms with E-state index in [0.29, 0.717) is 31.7 Å². The van der Waals surface area contributed by atoms with Gasteiger partial charge in [-0.2, -0.15) is 16.4 Å². The van der Waals surface area contributed by atoms with Gasteiger partial charge in [0.2, 0.25) is 11.8 Å². The predicted octanol–water partition coefficient (Wildman–Crippen LogP) is 2.24. The van der Waals surface area contributed by atoms with Crippen LogP contribution in [-0.4, -0.2) is 28.1 Å². The van der Waals surface area contributed by atoms with Gasteiger partial charge in [0.05, 0.1) is 12.7 Å². The molecule has 0 unspecified atom stereocenters. The lowest BCUT2D eigenvalue weighted by Gasteiger charge is -2.08. The van der Waals surface area contributed by atoms with Crippen LogP contribution in [0.1, 0.15) is 31.2 Å². The molecule has 0 saturated heterocycles. The largest absolute Gasteiger partial charge is 0.356 e. The first-order chi connectivity index (χ1) is 11.2. The Hall–Kier alpha value is -2.15. The predicted molar refractivity (Wildman–Crippen MR) is 89.2 cm³/mol. The number of hydrogen-bond acceptors (Lipinski definition) is 4. The number of carbonyl (C=O) groups is 2. The van der Waals surface area contributed by atoms with Crippen molar-refractivity contribution in [3.8, 4) is 0 Å². The van der Waals surface area contributed by atoms with Gasteiger partial charge in [0, 0.05) is 24.9 Å². The Morgan fingerprint density at radius 2 is 2.22 bits per heavy atom. The molecule has 0 spiro atoms. The molecule has 0 aliphatic heterocycles. The third-order valence-corrected chi connectivity index (χ3v) is 4.46. The van der Waals surface area contributed by atoms with Crippen molar-refractivity contribution in [2.75, 3.05) is 11.9 Å². The van der Waals surface area contributed by atoms with Crippen molar-refractivity contribution in [1.29, 1.82) is 0 Å². The fourth-order valence-corrected chi connectivity index (χ4v) is 2.94. The fraction of sp³-hybridized carbons (Fsp3) is 0.438. The zero-order valence-corrected chi connectivity index (χ0v) is 13.6. The van der Waals surface area contributed by atoms with Crippen molar-refractivity contribution < 1.29 is 9.59 Å². The Morgan fingerprint density at radius 3 is 2.96 bits per heavy atom. The Labute approximate surface area is 138 Å². The molecule has 0 radical (unpaired) electrons. The summed E-state index contributed by atoms with van der Waals surface area (Å²) in [7, 11) is 0. The van der Waals surface area contributed by atoms with E-state index in [1.54, 1.807) is 28.3 Å². The van der Waals surface area contributed by atoms with Gasteiger partial charge in [-0.15, -0.1) is 0 Å². The first-order valence-corrected chi connectivity index (χ1v) is 8.77. The van der Waals surface area contributed by atoms with Crippen molar-refractivity contribution in [1.82, 2.24) is 15.1 Å². The topological polar surface area (TPSA) is 76.0 Å². The first kappa shape index (κ1) is 15.7. The quantitative estimate of drug-likeness (QED) is 0.728. The summed E-state index contributed by atoms with van der Waals surface area (Å²) in [5.41, 5.74) is 1.16. The Bertz CT molecular complexity index is 661. The van der Waals surface area contributed by atoms with Crippen LogP contribution in [-0.2, 0) is 16.1 Å². The van der Waals surface area contributed by atoms with Crippen LogP contribution in [0, 0.1) is 5.92 Å². The number of nitrogens with one attached hydrogen (secondary N) is 2. The number of rotatable bonds is 8. The number of carbonyl (C=O) groups excluding carboxylic acids is 2. The van der Waals surface area contributed by atoms with Crippen molar-refractivity contribution in [3.63, 3.8) is 0 Å². The van der Waals surface area contributed by atoms with Gasteiger partial charge in [-0.1, -0.05) is 0 Å². The molecule has 2 aromatic rings. The molecule has 2 N–H and O–H groups in total. The molecule has 2 aromatic heterocycles. The number of amides is 2. The van der Waals surface area contributed by atoms with Crippen LogP contribution in [0.15, 0.2) is 29.1 Å². The van der Waals surface area contributed by atoms with E-state index in [-0.39, 0.29) is 17.7 Å². The van der Waals surface area contributed by atoms with Crippen LogP contribution in [0.25, 0.3) is 0 Å². The lowest BCUT2D eigenvalue weighted by molar-refractivity contribution is -0.122. The molecule has 122 valence electrons. The molecule has 6 nitrogen and oxygen atoms in total. The number of anilines is 1. The smallest absolute Gasteiger partial charge is 0.225 e. The van der Waals surface area contributed by atoms with Gasteiger partial charge in [-0.3, -0.25) is 9.59 Å². The van der Waals surface area contributed by atoms with Crippen LogP contribution >= 0.6 is 11.3 Å². The van der Waals surface area contributed by atoms with Crippen molar-refractivity contribution in [3.05, 3.63) is 34.7 Å². The van der Waals surface area contributed by atoms with Crippen LogP contribution in [0.5, 0.6) is 0 Å². The highest BCUT2D eigenvalue weighted by Gasteiger charge is 2.28. The third kappa shape index (κ3) is 4.66. The molecule has 23 heavy (non-hydrogen) atoms. The molecule has 0 atom stereocenters. The standard InChI is InChI=1S/C16H20N4O2S/c21-15(2-1-7-17-16(22)13-3-4-13)19-14-5-8-18-20(14)10-12-6-9-23-11-12/h5-6,8-9,11,13H,1-4,7,10H2,(H,17,22)(H,19,21). The molecule has 0 aromatic carbocycles. The summed E-state index contributed by atoms with van der Waals surface area (Å²) in [6.45, 7) is 1.19. The second kappa shape index (κ2) is 7.41. The number of thiophene rings is 1. The molecule has 2 amide bonds. The number of hydrogen-bond donors (Lipinski definition) is 2. The average molecular weight is 332 g/mol.